The minimum atomic E-state index is -0.635. The summed E-state index contributed by atoms with van der Waals surface area (Å²) in [5.74, 6) is -1.74. The molecular weight excluding hydrogens is 156 g/mol. The third-order valence-electron chi connectivity index (χ3n) is 1.01. The largest absolute Gasteiger partial charge is 0.504 e. The van der Waals surface area contributed by atoms with Crippen molar-refractivity contribution in [1.29, 1.82) is 0 Å². The molecular formula is C6H3ClO3. The Morgan fingerprint density at radius 3 is 2.30 bits per heavy atom. The van der Waals surface area contributed by atoms with Gasteiger partial charge in [0.15, 0.2) is 5.76 Å². The zero-order valence-electron chi connectivity index (χ0n) is 4.80. The topological polar surface area (TPSA) is 54.4 Å². The van der Waals surface area contributed by atoms with Crippen LogP contribution in [0.3, 0.4) is 0 Å². The van der Waals surface area contributed by atoms with E-state index in [1.54, 1.807) is 0 Å². The molecule has 1 aliphatic carbocycles. The molecule has 52 valence electrons. The molecule has 3 nitrogen and oxygen atoms in total. The highest BCUT2D eigenvalue weighted by atomic mass is 35.5. The van der Waals surface area contributed by atoms with Crippen LogP contribution in [0.25, 0.3) is 0 Å². The monoisotopic (exact) mass is 158 g/mol. The van der Waals surface area contributed by atoms with Crippen LogP contribution in [0.1, 0.15) is 0 Å². The van der Waals surface area contributed by atoms with E-state index in [0.29, 0.717) is 0 Å². The standard InChI is InChI=1S/C6H3ClO3/c7-3-1-5(9)6(10)2-4(3)8/h1-2,10H. The van der Waals surface area contributed by atoms with E-state index >= 15 is 0 Å². The van der Waals surface area contributed by atoms with Gasteiger partial charge in [-0.3, -0.25) is 9.59 Å². The van der Waals surface area contributed by atoms with Crippen LogP contribution >= 0.6 is 11.6 Å². The second-order valence-corrected chi connectivity index (χ2v) is 2.16. The van der Waals surface area contributed by atoms with Gasteiger partial charge in [0.1, 0.15) is 0 Å². The number of hydrogen-bond donors (Lipinski definition) is 1. The van der Waals surface area contributed by atoms with Gasteiger partial charge < -0.3 is 5.11 Å². The number of allylic oxidation sites excluding steroid dienone is 3. The fourth-order valence-electron chi connectivity index (χ4n) is 0.524. The summed E-state index contributed by atoms with van der Waals surface area (Å²) < 4.78 is 0. The van der Waals surface area contributed by atoms with Crippen LogP contribution in [0.2, 0.25) is 0 Å². The van der Waals surface area contributed by atoms with Crippen LogP contribution in [0, 0.1) is 0 Å². The molecule has 0 spiro atoms. The molecule has 1 N–H and O–H groups in total. The molecule has 0 saturated carbocycles. The molecule has 0 aliphatic heterocycles. The fourth-order valence-corrected chi connectivity index (χ4v) is 0.678. The highest BCUT2D eigenvalue weighted by Gasteiger charge is 2.17. The van der Waals surface area contributed by atoms with E-state index in [9.17, 15) is 9.59 Å². The highest BCUT2D eigenvalue weighted by Crippen LogP contribution is 2.12. The van der Waals surface area contributed by atoms with E-state index in [0.717, 1.165) is 12.2 Å². The summed E-state index contributed by atoms with van der Waals surface area (Å²) in [6.07, 6.45) is 1.68. The normalized spacial score (nSPS) is 18.5. The van der Waals surface area contributed by atoms with Gasteiger partial charge in [0.25, 0.3) is 0 Å². The molecule has 0 bridgehead atoms. The number of ketones is 2. The zero-order valence-corrected chi connectivity index (χ0v) is 5.55. The second kappa shape index (κ2) is 2.27. The summed E-state index contributed by atoms with van der Waals surface area (Å²) in [5, 5.41) is 8.49. The van der Waals surface area contributed by atoms with Gasteiger partial charge >= 0.3 is 0 Å². The van der Waals surface area contributed by atoms with Crippen molar-refractivity contribution >= 4 is 23.2 Å². The number of aliphatic hydroxyl groups is 1. The minimum Gasteiger partial charge on any atom is -0.504 e. The molecule has 0 radical (unpaired) electrons. The lowest BCUT2D eigenvalue weighted by atomic mass is 10.1. The van der Waals surface area contributed by atoms with Crippen LogP contribution in [-0.4, -0.2) is 16.7 Å². The lowest BCUT2D eigenvalue weighted by Gasteiger charge is -2.00. The predicted octanol–water partition coefficient (Wildman–Crippen LogP) is 0.703. The van der Waals surface area contributed by atoms with Crippen LogP contribution in [0.15, 0.2) is 22.9 Å². The van der Waals surface area contributed by atoms with Gasteiger partial charge in [-0.25, -0.2) is 0 Å². The van der Waals surface area contributed by atoms with E-state index in [-0.39, 0.29) is 5.03 Å². The molecule has 4 heteroatoms. The van der Waals surface area contributed by atoms with Crippen molar-refractivity contribution in [1.82, 2.24) is 0 Å². The second-order valence-electron chi connectivity index (χ2n) is 1.75. The molecule has 0 amide bonds. The molecule has 0 heterocycles. The molecule has 1 rings (SSSR count). The lowest BCUT2D eigenvalue weighted by molar-refractivity contribution is -0.116. The van der Waals surface area contributed by atoms with Crippen molar-refractivity contribution < 1.29 is 14.7 Å². The van der Waals surface area contributed by atoms with Crippen molar-refractivity contribution in [3.63, 3.8) is 0 Å². The molecule has 1 aliphatic rings. The van der Waals surface area contributed by atoms with Gasteiger partial charge in [0.2, 0.25) is 11.6 Å². The first-order valence-corrected chi connectivity index (χ1v) is 2.85. The average Bonchev–Trinajstić information content (AvgIpc) is 1.84. The molecule has 0 fully saturated rings. The van der Waals surface area contributed by atoms with Crippen LogP contribution in [-0.2, 0) is 9.59 Å². The molecule has 0 aromatic carbocycles. The maximum Gasteiger partial charge on any atom is 0.221 e. The molecule has 0 aromatic rings. The lowest BCUT2D eigenvalue weighted by Crippen LogP contribution is -2.09. The molecule has 0 unspecified atom stereocenters. The van der Waals surface area contributed by atoms with E-state index in [1.165, 1.54) is 0 Å². The smallest absolute Gasteiger partial charge is 0.221 e. The maximum atomic E-state index is 10.6. The van der Waals surface area contributed by atoms with Gasteiger partial charge in [-0.15, -0.1) is 0 Å². The summed E-state index contributed by atoms with van der Waals surface area (Å²) in [6.45, 7) is 0. The van der Waals surface area contributed by atoms with E-state index < -0.39 is 17.3 Å². The van der Waals surface area contributed by atoms with Crippen LogP contribution in [0.4, 0.5) is 0 Å². The van der Waals surface area contributed by atoms with E-state index in [1.807, 2.05) is 0 Å². The Morgan fingerprint density at radius 2 is 1.80 bits per heavy atom. The minimum absolute atomic E-state index is 0.164. The summed E-state index contributed by atoms with van der Waals surface area (Å²) in [7, 11) is 0. The first kappa shape index (κ1) is 7.02. The Hall–Kier alpha value is -1.09. The summed E-state index contributed by atoms with van der Waals surface area (Å²) in [5.41, 5.74) is 0. The Balaban J connectivity index is 3.03. The first-order valence-electron chi connectivity index (χ1n) is 2.48. The van der Waals surface area contributed by atoms with Crippen molar-refractivity contribution in [2.45, 2.75) is 0 Å². The van der Waals surface area contributed by atoms with Gasteiger partial charge in [0.05, 0.1) is 5.03 Å². The Labute approximate surface area is 61.6 Å². The number of hydrogen-bond acceptors (Lipinski definition) is 3. The SMILES string of the molecule is O=C1C=C(Cl)C(=O)C=C1O. The first-order chi connectivity index (χ1) is 4.61. The number of carbonyl (C=O) groups excluding carboxylic acids is 2. The number of aliphatic hydroxyl groups excluding tert-OH is 1. The fraction of sp³-hybridized carbons (Fsp3) is 0. The molecule has 10 heavy (non-hydrogen) atoms. The predicted molar refractivity (Wildman–Crippen MR) is 34.7 cm³/mol. The van der Waals surface area contributed by atoms with Gasteiger partial charge in [-0.2, -0.15) is 0 Å². The van der Waals surface area contributed by atoms with Crippen LogP contribution < -0.4 is 0 Å². The van der Waals surface area contributed by atoms with Crippen molar-refractivity contribution in [3.05, 3.63) is 22.9 Å². The van der Waals surface area contributed by atoms with Crippen LogP contribution in [0.5, 0.6) is 0 Å². The average molecular weight is 159 g/mol. The molecule has 0 atom stereocenters. The molecule has 0 saturated heterocycles. The van der Waals surface area contributed by atoms with Crippen molar-refractivity contribution in [2.24, 2.45) is 0 Å². The number of carbonyl (C=O) groups is 2. The number of rotatable bonds is 0. The quantitative estimate of drug-likeness (QED) is 0.528. The Bertz CT molecular complexity index is 234. The van der Waals surface area contributed by atoms with Gasteiger partial charge in [-0.1, -0.05) is 11.6 Å². The van der Waals surface area contributed by atoms with Gasteiger partial charge in [-0.05, 0) is 0 Å². The maximum absolute atomic E-state index is 10.6. The Kier molecular flexibility index (Phi) is 1.59. The zero-order chi connectivity index (χ0) is 7.72. The third-order valence-corrected chi connectivity index (χ3v) is 1.31. The molecule has 0 aromatic heterocycles. The summed E-state index contributed by atoms with van der Waals surface area (Å²) in [4.78, 5) is 21.1. The van der Waals surface area contributed by atoms with Crippen molar-refractivity contribution in [2.75, 3.05) is 0 Å². The number of halogens is 1. The highest BCUT2D eigenvalue weighted by molar-refractivity contribution is 6.47. The summed E-state index contributed by atoms with van der Waals surface area (Å²) in [6, 6.07) is 0. The van der Waals surface area contributed by atoms with Crippen molar-refractivity contribution in [3.8, 4) is 0 Å². The summed E-state index contributed by atoms with van der Waals surface area (Å²) >= 11 is 5.26. The van der Waals surface area contributed by atoms with Gasteiger partial charge in [0, 0.05) is 12.2 Å². The Morgan fingerprint density at radius 1 is 1.20 bits per heavy atom. The third kappa shape index (κ3) is 1.09. The van der Waals surface area contributed by atoms with E-state index in [2.05, 4.69) is 0 Å². The van der Waals surface area contributed by atoms with E-state index in [4.69, 9.17) is 16.7 Å².